The zero-order valence-corrected chi connectivity index (χ0v) is 9.81. The van der Waals surface area contributed by atoms with Crippen molar-refractivity contribution in [1.82, 2.24) is 10.3 Å². The van der Waals surface area contributed by atoms with Gasteiger partial charge in [0.2, 0.25) is 0 Å². The molecule has 0 unspecified atom stereocenters. The molecule has 0 spiro atoms. The Kier molecular flexibility index (Phi) is 3.23. The highest BCUT2D eigenvalue weighted by Gasteiger charge is 2.06. The molecule has 2 rings (SSSR count). The zero-order chi connectivity index (χ0) is 12.3. The molecule has 1 amide bonds. The summed E-state index contributed by atoms with van der Waals surface area (Å²) in [6.07, 6.45) is 1.26. The molecular weight excluding hydrogens is 216 g/mol. The van der Waals surface area contributed by atoms with Gasteiger partial charge in [-0.1, -0.05) is 6.07 Å². The number of fused-ring (bicyclic) bond motifs is 1. The van der Waals surface area contributed by atoms with Gasteiger partial charge in [0.1, 0.15) is 5.75 Å². The van der Waals surface area contributed by atoms with E-state index in [9.17, 15) is 4.79 Å². The first-order valence-electron chi connectivity index (χ1n) is 5.48. The maximum atomic E-state index is 11.4. The van der Waals surface area contributed by atoms with Gasteiger partial charge in [-0.25, -0.2) is 4.79 Å². The summed E-state index contributed by atoms with van der Waals surface area (Å²) in [5.74, 6) is 0.495. The fraction of sp³-hybridized carbons (Fsp3) is 0.231. The van der Waals surface area contributed by atoms with Gasteiger partial charge in [0.25, 0.3) is 0 Å². The molecule has 17 heavy (non-hydrogen) atoms. The SMILES string of the molecule is CC(C)NC(=O)Oc1ccc2cccnc2c1. The number of carbonyl (C=O) groups excluding carboxylic acids is 1. The third kappa shape index (κ3) is 2.93. The zero-order valence-electron chi connectivity index (χ0n) is 9.81. The highest BCUT2D eigenvalue weighted by molar-refractivity contribution is 5.81. The fourth-order valence-electron chi connectivity index (χ4n) is 1.48. The third-order valence-corrected chi connectivity index (χ3v) is 2.19. The van der Waals surface area contributed by atoms with Gasteiger partial charge in [0, 0.05) is 23.7 Å². The summed E-state index contributed by atoms with van der Waals surface area (Å²) in [7, 11) is 0. The van der Waals surface area contributed by atoms with Gasteiger partial charge in [-0.15, -0.1) is 0 Å². The van der Waals surface area contributed by atoms with Crippen LogP contribution in [0.15, 0.2) is 36.5 Å². The molecule has 1 aromatic carbocycles. The molecule has 1 aromatic heterocycles. The van der Waals surface area contributed by atoms with Crippen LogP contribution in [0.3, 0.4) is 0 Å². The largest absolute Gasteiger partial charge is 0.412 e. The van der Waals surface area contributed by atoms with Crippen LogP contribution in [0.4, 0.5) is 4.79 Å². The van der Waals surface area contributed by atoms with Gasteiger partial charge in [0.15, 0.2) is 0 Å². The van der Waals surface area contributed by atoms with Crippen molar-refractivity contribution in [2.24, 2.45) is 0 Å². The standard InChI is InChI=1S/C13H14N2O2/c1-9(2)15-13(16)17-11-6-5-10-4-3-7-14-12(10)8-11/h3-9H,1-2H3,(H,15,16). The lowest BCUT2D eigenvalue weighted by Crippen LogP contribution is -2.32. The second-order valence-electron chi connectivity index (χ2n) is 4.05. The van der Waals surface area contributed by atoms with Gasteiger partial charge in [0.05, 0.1) is 5.52 Å². The number of ether oxygens (including phenoxy) is 1. The molecule has 88 valence electrons. The lowest BCUT2D eigenvalue weighted by Gasteiger charge is -2.09. The highest BCUT2D eigenvalue weighted by atomic mass is 16.6. The van der Waals surface area contributed by atoms with E-state index in [1.54, 1.807) is 18.3 Å². The fourth-order valence-corrected chi connectivity index (χ4v) is 1.48. The predicted octanol–water partition coefficient (Wildman–Crippen LogP) is 2.73. The summed E-state index contributed by atoms with van der Waals surface area (Å²) < 4.78 is 5.14. The van der Waals surface area contributed by atoms with Crippen LogP contribution in [-0.4, -0.2) is 17.1 Å². The van der Waals surface area contributed by atoms with Crippen molar-refractivity contribution in [3.63, 3.8) is 0 Å². The molecule has 2 aromatic rings. The summed E-state index contributed by atoms with van der Waals surface area (Å²) in [5.41, 5.74) is 0.808. The summed E-state index contributed by atoms with van der Waals surface area (Å²) in [4.78, 5) is 15.6. The Morgan fingerprint density at radius 1 is 1.35 bits per heavy atom. The molecule has 0 atom stereocenters. The normalized spacial score (nSPS) is 10.5. The Morgan fingerprint density at radius 2 is 2.18 bits per heavy atom. The van der Waals surface area contributed by atoms with E-state index in [0.29, 0.717) is 5.75 Å². The Hall–Kier alpha value is -2.10. The lowest BCUT2D eigenvalue weighted by molar-refractivity contribution is 0.198. The van der Waals surface area contributed by atoms with Gasteiger partial charge in [-0.05, 0) is 32.0 Å². The number of nitrogens with one attached hydrogen (secondary N) is 1. The van der Waals surface area contributed by atoms with E-state index in [0.717, 1.165) is 10.9 Å². The Morgan fingerprint density at radius 3 is 2.94 bits per heavy atom. The van der Waals surface area contributed by atoms with Crippen molar-refractivity contribution in [3.05, 3.63) is 36.5 Å². The van der Waals surface area contributed by atoms with Crippen LogP contribution < -0.4 is 10.1 Å². The first-order chi connectivity index (χ1) is 8.15. The number of amides is 1. The summed E-state index contributed by atoms with van der Waals surface area (Å²) in [5, 5.41) is 3.68. The van der Waals surface area contributed by atoms with Crippen molar-refractivity contribution in [2.45, 2.75) is 19.9 Å². The smallest absolute Gasteiger partial charge is 0.410 e. The molecule has 0 aliphatic carbocycles. The minimum absolute atomic E-state index is 0.0566. The third-order valence-electron chi connectivity index (χ3n) is 2.19. The highest BCUT2D eigenvalue weighted by Crippen LogP contribution is 2.18. The van der Waals surface area contributed by atoms with Crippen molar-refractivity contribution in [2.75, 3.05) is 0 Å². The van der Waals surface area contributed by atoms with Crippen molar-refractivity contribution in [1.29, 1.82) is 0 Å². The molecule has 4 heteroatoms. The molecule has 4 nitrogen and oxygen atoms in total. The van der Waals surface area contributed by atoms with Gasteiger partial charge >= 0.3 is 6.09 Å². The molecular formula is C13H14N2O2. The number of aromatic nitrogens is 1. The van der Waals surface area contributed by atoms with E-state index in [-0.39, 0.29) is 6.04 Å². The molecule has 0 aliphatic rings. The van der Waals surface area contributed by atoms with E-state index >= 15 is 0 Å². The summed E-state index contributed by atoms with van der Waals surface area (Å²) in [6, 6.07) is 9.26. The van der Waals surface area contributed by atoms with Crippen molar-refractivity contribution < 1.29 is 9.53 Å². The number of hydrogen-bond acceptors (Lipinski definition) is 3. The van der Waals surface area contributed by atoms with Crippen molar-refractivity contribution >= 4 is 17.0 Å². The summed E-state index contributed by atoms with van der Waals surface area (Å²) >= 11 is 0. The first-order valence-corrected chi connectivity index (χ1v) is 5.48. The quantitative estimate of drug-likeness (QED) is 0.863. The number of benzene rings is 1. The van der Waals surface area contributed by atoms with Gasteiger partial charge in [-0.3, -0.25) is 4.98 Å². The molecule has 0 bridgehead atoms. The molecule has 0 saturated carbocycles. The predicted molar refractivity (Wildman–Crippen MR) is 66.0 cm³/mol. The second-order valence-corrected chi connectivity index (χ2v) is 4.05. The summed E-state index contributed by atoms with van der Waals surface area (Å²) in [6.45, 7) is 3.76. The van der Waals surface area contributed by atoms with Crippen LogP contribution in [0.1, 0.15) is 13.8 Å². The van der Waals surface area contributed by atoms with E-state index < -0.39 is 6.09 Å². The molecule has 1 heterocycles. The monoisotopic (exact) mass is 230 g/mol. The van der Waals surface area contributed by atoms with Crippen LogP contribution in [0.5, 0.6) is 5.75 Å². The van der Waals surface area contributed by atoms with Crippen LogP contribution in [-0.2, 0) is 0 Å². The number of rotatable bonds is 2. The van der Waals surface area contributed by atoms with Crippen LogP contribution >= 0.6 is 0 Å². The minimum Gasteiger partial charge on any atom is -0.410 e. The number of nitrogens with zero attached hydrogens (tertiary/aromatic N) is 1. The Balaban J connectivity index is 2.17. The first kappa shape index (κ1) is 11.4. The van der Waals surface area contributed by atoms with E-state index in [1.807, 2.05) is 32.0 Å². The number of carbonyl (C=O) groups is 1. The minimum atomic E-state index is -0.449. The Labute approximate surface area is 99.6 Å². The maximum Gasteiger partial charge on any atom is 0.412 e. The van der Waals surface area contributed by atoms with Crippen LogP contribution in [0.25, 0.3) is 10.9 Å². The second kappa shape index (κ2) is 4.82. The molecule has 0 saturated heterocycles. The van der Waals surface area contributed by atoms with Crippen LogP contribution in [0.2, 0.25) is 0 Å². The molecule has 0 fully saturated rings. The maximum absolute atomic E-state index is 11.4. The lowest BCUT2D eigenvalue weighted by atomic mass is 10.2. The number of pyridine rings is 1. The van der Waals surface area contributed by atoms with Crippen molar-refractivity contribution in [3.8, 4) is 5.75 Å². The number of hydrogen-bond donors (Lipinski definition) is 1. The average molecular weight is 230 g/mol. The Bertz CT molecular complexity index is 538. The molecule has 0 radical (unpaired) electrons. The molecule has 1 N–H and O–H groups in total. The molecule has 0 aliphatic heterocycles. The topological polar surface area (TPSA) is 51.2 Å². The van der Waals surface area contributed by atoms with E-state index in [1.165, 1.54) is 0 Å². The van der Waals surface area contributed by atoms with E-state index in [2.05, 4.69) is 10.3 Å². The van der Waals surface area contributed by atoms with Gasteiger partial charge in [-0.2, -0.15) is 0 Å². The van der Waals surface area contributed by atoms with Crippen LogP contribution in [0, 0.1) is 0 Å². The van der Waals surface area contributed by atoms with Gasteiger partial charge < -0.3 is 10.1 Å². The average Bonchev–Trinajstić information content (AvgIpc) is 2.27. The van der Waals surface area contributed by atoms with E-state index in [4.69, 9.17) is 4.74 Å².